The van der Waals surface area contributed by atoms with Crippen LogP contribution in [0.1, 0.15) is 16.3 Å². The highest BCUT2D eigenvalue weighted by molar-refractivity contribution is 7.19. The van der Waals surface area contributed by atoms with Gasteiger partial charge in [-0.1, -0.05) is 41.9 Å². The van der Waals surface area contributed by atoms with Gasteiger partial charge in [0.25, 0.3) is 5.56 Å². The number of alkyl halides is 1. The number of benzene rings is 1. The lowest BCUT2D eigenvalue weighted by molar-refractivity contribution is 0.664. The Hall–Kier alpha value is -2.41. The van der Waals surface area contributed by atoms with Gasteiger partial charge in [-0.05, 0) is 18.6 Å². The molecular formula is C20H16Cl2N4OS. The third kappa shape index (κ3) is 3.63. The van der Waals surface area contributed by atoms with Gasteiger partial charge < -0.3 is 4.98 Å². The van der Waals surface area contributed by atoms with Crippen LogP contribution in [0.3, 0.4) is 0 Å². The van der Waals surface area contributed by atoms with Gasteiger partial charge in [0.1, 0.15) is 4.83 Å². The van der Waals surface area contributed by atoms with Gasteiger partial charge in [0, 0.05) is 28.1 Å². The molecule has 8 heteroatoms. The van der Waals surface area contributed by atoms with E-state index in [0.717, 1.165) is 21.6 Å². The Morgan fingerprint density at radius 1 is 1.32 bits per heavy atom. The Morgan fingerprint density at radius 2 is 2.11 bits per heavy atom. The minimum atomic E-state index is -0.201. The first-order chi connectivity index (χ1) is 13.6. The SMILES string of the molecule is Cc1sc2nc(C(Cl)=Cc3cnn(CCCl)c3)[nH]c(=O)c2c1-c1ccccc1. The standard InChI is InChI=1S/C20H16Cl2N4OS/c1-12-16(14-5-3-2-4-6-14)17-19(27)24-18(25-20(17)28-12)15(22)9-13-10-23-26(11-13)8-7-21/h2-6,9-11H,7-8H2,1H3,(H,24,25,27). The van der Waals surface area contributed by atoms with E-state index in [1.165, 1.54) is 11.3 Å². The molecule has 0 saturated carbocycles. The molecule has 0 amide bonds. The van der Waals surface area contributed by atoms with Crippen molar-refractivity contribution in [1.82, 2.24) is 19.7 Å². The van der Waals surface area contributed by atoms with Crippen LogP contribution in [0.2, 0.25) is 0 Å². The van der Waals surface area contributed by atoms with Crippen LogP contribution in [-0.2, 0) is 6.54 Å². The number of hydrogen-bond donors (Lipinski definition) is 1. The van der Waals surface area contributed by atoms with E-state index in [0.29, 0.717) is 33.5 Å². The molecule has 5 nitrogen and oxygen atoms in total. The van der Waals surface area contributed by atoms with Crippen LogP contribution in [0.15, 0.2) is 47.5 Å². The molecule has 0 saturated heterocycles. The fraction of sp³-hybridized carbons (Fsp3) is 0.150. The number of halogens is 2. The van der Waals surface area contributed by atoms with Crippen molar-refractivity contribution in [2.24, 2.45) is 0 Å². The Kier molecular flexibility index (Phi) is 5.35. The third-order valence-corrected chi connectivity index (χ3v) is 5.74. The molecule has 28 heavy (non-hydrogen) atoms. The van der Waals surface area contributed by atoms with Gasteiger partial charge in [0.15, 0.2) is 5.82 Å². The maximum atomic E-state index is 12.8. The van der Waals surface area contributed by atoms with E-state index in [1.807, 2.05) is 43.5 Å². The van der Waals surface area contributed by atoms with Gasteiger partial charge in [-0.15, -0.1) is 22.9 Å². The predicted octanol–water partition coefficient (Wildman–Crippen LogP) is 5.13. The Balaban J connectivity index is 1.77. The quantitative estimate of drug-likeness (QED) is 0.446. The summed E-state index contributed by atoms with van der Waals surface area (Å²) < 4.78 is 1.73. The van der Waals surface area contributed by atoms with Gasteiger partial charge in [-0.2, -0.15) is 5.10 Å². The zero-order valence-corrected chi connectivity index (χ0v) is 17.3. The molecule has 1 aromatic carbocycles. The molecule has 4 aromatic rings. The van der Waals surface area contributed by atoms with E-state index >= 15 is 0 Å². The van der Waals surface area contributed by atoms with Crippen LogP contribution in [0.25, 0.3) is 32.5 Å². The van der Waals surface area contributed by atoms with Crippen LogP contribution < -0.4 is 5.56 Å². The number of rotatable bonds is 5. The minimum Gasteiger partial charge on any atom is -0.305 e. The number of fused-ring (bicyclic) bond motifs is 1. The molecule has 4 rings (SSSR count). The molecule has 1 N–H and O–H groups in total. The first-order valence-corrected chi connectivity index (χ1v) is 10.3. The van der Waals surface area contributed by atoms with E-state index in [4.69, 9.17) is 23.2 Å². The molecular weight excluding hydrogens is 415 g/mol. The molecule has 3 aromatic heterocycles. The molecule has 142 valence electrons. The van der Waals surface area contributed by atoms with Crippen molar-refractivity contribution in [2.75, 3.05) is 5.88 Å². The molecule has 0 unspecified atom stereocenters. The van der Waals surface area contributed by atoms with Crippen molar-refractivity contribution in [1.29, 1.82) is 0 Å². The molecule has 0 fully saturated rings. The second-order valence-electron chi connectivity index (χ2n) is 6.21. The molecule has 0 atom stereocenters. The van der Waals surface area contributed by atoms with Crippen LogP contribution in [0, 0.1) is 6.92 Å². The van der Waals surface area contributed by atoms with Crippen molar-refractivity contribution in [3.8, 4) is 11.1 Å². The number of nitrogens with zero attached hydrogens (tertiary/aromatic N) is 3. The third-order valence-electron chi connectivity index (χ3n) is 4.29. The largest absolute Gasteiger partial charge is 0.305 e. The Bertz CT molecular complexity index is 1220. The number of thiophene rings is 1. The van der Waals surface area contributed by atoms with Crippen LogP contribution in [0.5, 0.6) is 0 Å². The lowest BCUT2D eigenvalue weighted by Gasteiger charge is -2.02. The predicted molar refractivity (Wildman–Crippen MR) is 117 cm³/mol. The van der Waals surface area contributed by atoms with Gasteiger partial charge in [0.2, 0.25) is 0 Å². The van der Waals surface area contributed by atoms with Gasteiger partial charge >= 0.3 is 0 Å². The summed E-state index contributed by atoms with van der Waals surface area (Å²) in [5, 5.41) is 5.15. The summed E-state index contributed by atoms with van der Waals surface area (Å²) in [6.07, 6.45) is 5.25. The summed E-state index contributed by atoms with van der Waals surface area (Å²) >= 11 is 13.6. The fourth-order valence-corrected chi connectivity index (χ4v) is 4.50. The number of aryl methyl sites for hydroxylation is 2. The highest BCUT2D eigenvalue weighted by Gasteiger charge is 2.17. The van der Waals surface area contributed by atoms with Crippen LogP contribution >= 0.6 is 34.5 Å². The minimum absolute atomic E-state index is 0.201. The molecule has 0 bridgehead atoms. The molecule has 3 heterocycles. The Labute approximate surface area is 175 Å². The first kappa shape index (κ1) is 18.9. The smallest absolute Gasteiger partial charge is 0.260 e. The average molecular weight is 431 g/mol. The van der Waals surface area contributed by atoms with Crippen LogP contribution in [-0.4, -0.2) is 25.6 Å². The monoisotopic (exact) mass is 430 g/mol. The van der Waals surface area contributed by atoms with Gasteiger partial charge in [-0.25, -0.2) is 4.98 Å². The maximum absolute atomic E-state index is 12.8. The van der Waals surface area contributed by atoms with Gasteiger partial charge in [-0.3, -0.25) is 9.48 Å². The van der Waals surface area contributed by atoms with E-state index in [1.54, 1.807) is 17.0 Å². The van der Waals surface area contributed by atoms with E-state index in [2.05, 4.69) is 15.1 Å². The fourth-order valence-electron chi connectivity index (χ4n) is 3.06. The number of H-pyrrole nitrogens is 1. The summed E-state index contributed by atoms with van der Waals surface area (Å²) in [5.74, 6) is 0.816. The topological polar surface area (TPSA) is 63.6 Å². The molecule has 0 aliphatic heterocycles. The number of aromatic nitrogens is 4. The van der Waals surface area contributed by atoms with Crippen molar-refractivity contribution in [2.45, 2.75) is 13.5 Å². The number of aromatic amines is 1. The normalized spacial score (nSPS) is 12.0. The van der Waals surface area contributed by atoms with Crippen LogP contribution in [0.4, 0.5) is 0 Å². The second-order valence-corrected chi connectivity index (χ2v) is 8.20. The van der Waals surface area contributed by atoms with Crippen molar-refractivity contribution < 1.29 is 0 Å². The van der Waals surface area contributed by atoms with E-state index < -0.39 is 0 Å². The summed E-state index contributed by atoms with van der Waals surface area (Å²) in [5.41, 5.74) is 2.53. The highest BCUT2D eigenvalue weighted by atomic mass is 35.5. The summed E-state index contributed by atoms with van der Waals surface area (Å²) in [6.45, 7) is 2.61. The molecule has 0 radical (unpaired) electrons. The average Bonchev–Trinajstić information content (AvgIpc) is 3.26. The second kappa shape index (κ2) is 7.91. The Morgan fingerprint density at radius 3 is 2.86 bits per heavy atom. The zero-order chi connectivity index (χ0) is 19.7. The summed E-state index contributed by atoms with van der Waals surface area (Å²) in [7, 11) is 0. The lowest BCUT2D eigenvalue weighted by atomic mass is 10.0. The lowest BCUT2D eigenvalue weighted by Crippen LogP contribution is -2.10. The molecule has 0 aliphatic rings. The zero-order valence-electron chi connectivity index (χ0n) is 14.9. The number of hydrogen-bond acceptors (Lipinski definition) is 4. The summed E-state index contributed by atoms with van der Waals surface area (Å²) in [4.78, 5) is 22.0. The maximum Gasteiger partial charge on any atom is 0.260 e. The number of nitrogens with one attached hydrogen (secondary N) is 1. The summed E-state index contributed by atoms with van der Waals surface area (Å²) in [6, 6.07) is 9.85. The van der Waals surface area contributed by atoms with E-state index in [9.17, 15) is 4.79 Å². The highest BCUT2D eigenvalue weighted by Crippen LogP contribution is 2.35. The molecule has 0 spiro atoms. The van der Waals surface area contributed by atoms with Gasteiger partial charge in [0.05, 0.1) is 23.2 Å². The van der Waals surface area contributed by atoms with Crippen molar-refractivity contribution >= 4 is 55.9 Å². The van der Waals surface area contributed by atoms with Crippen molar-refractivity contribution in [3.63, 3.8) is 0 Å². The molecule has 0 aliphatic carbocycles. The van der Waals surface area contributed by atoms with E-state index in [-0.39, 0.29) is 5.56 Å². The van der Waals surface area contributed by atoms with Crippen molar-refractivity contribution in [3.05, 3.63) is 69.3 Å². The first-order valence-electron chi connectivity index (χ1n) is 8.61.